The summed E-state index contributed by atoms with van der Waals surface area (Å²) in [6, 6.07) is 6.15. The van der Waals surface area contributed by atoms with E-state index in [-0.39, 0.29) is 19.1 Å². The SMILES string of the molecule is CC(=N)N1c2ccc(C(=O)NCCO)cc2C[C@@H](C)[C@@H]1C1CC1. The van der Waals surface area contributed by atoms with Crippen molar-refractivity contribution in [1.82, 2.24) is 5.32 Å². The van der Waals surface area contributed by atoms with E-state index in [1.165, 1.54) is 12.8 Å². The fraction of sp³-hybridized carbons (Fsp3) is 0.556. The molecule has 5 nitrogen and oxygen atoms in total. The Morgan fingerprint density at radius 2 is 2.17 bits per heavy atom. The van der Waals surface area contributed by atoms with E-state index in [4.69, 9.17) is 10.5 Å². The predicted octanol–water partition coefficient (Wildman–Crippen LogP) is 2.18. The molecule has 1 aliphatic heterocycles. The molecule has 0 unspecified atom stereocenters. The summed E-state index contributed by atoms with van der Waals surface area (Å²) in [6.07, 6.45) is 3.47. The van der Waals surface area contributed by atoms with Crippen molar-refractivity contribution in [3.05, 3.63) is 29.3 Å². The van der Waals surface area contributed by atoms with Crippen molar-refractivity contribution < 1.29 is 9.90 Å². The van der Waals surface area contributed by atoms with Gasteiger partial charge in [-0.1, -0.05) is 6.92 Å². The average molecular weight is 315 g/mol. The minimum absolute atomic E-state index is 0.0580. The lowest BCUT2D eigenvalue weighted by atomic mass is 9.83. The lowest BCUT2D eigenvalue weighted by molar-refractivity contribution is 0.0944. The molecule has 2 atom stereocenters. The van der Waals surface area contributed by atoms with Crippen LogP contribution in [0.4, 0.5) is 5.69 Å². The lowest BCUT2D eigenvalue weighted by Crippen LogP contribution is -2.48. The van der Waals surface area contributed by atoms with E-state index in [1.807, 2.05) is 25.1 Å². The quantitative estimate of drug-likeness (QED) is 0.589. The van der Waals surface area contributed by atoms with E-state index in [9.17, 15) is 4.79 Å². The van der Waals surface area contributed by atoms with Crippen LogP contribution in [0.2, 0.25) is 0 Å². The van der Waals surface area contributed by atoms with E-state index in [0.29, 0.717) is 29.3 Å². The number of carbonyl (C=O) groups is 1. The van der Waals surface area contributed by atoms with Crippen molar-refractivity contribution >= 4 is 17.4 Å². The zero-order chi connectivity index (χ0) is 16.6. The molecule has 1 heterocycles. The van der Waals surface area contributed by atoms with Gasteiger partial charge in [0.2, 0.25) is 0 Å². The minimum atomic E-state index is -0.156. The number of amidine groups is 1. The van der Waals surface area contributed by atoms with Gasteiger partial charge in [-0.05, 0) is 61.8 Å². The number of fused-ring (bicyclic) bond motifs is 1. The number of hydrogen-bond donors (Lipinski definition) is 3. The molecule has 1 aliphatic carbocycles. The third-order valence-electron chi connectivity index (χ3n) is 4.89. The van der Waals surface area contributed by atoms with Crippen molar-refractivity contribution in [2.75, 3.05) is 18.1 Å². The average Bonchev–Trinajstić information content (AvgIpc) is 3.35. The highest BCUT2D eigenvalue weighted by Gasteiger charge is 2.42. The Kier molecular flexibility index (Phi) is 4.39. The molecule has 0 aromatic heterocycles. The summed E-state index contributed by atoms with van der Waals surface area (Å²) in [7, 11) is 0. The summed E-state index contributed by atoms with van der Waals surface area (Å²) in [5, 5.41) is 19.7. The van der Waals surface area contributed by atoms with Crippen LogP contribution in [0.25, 0.3) is 0 Å². The number of benzene rings is 1. The number of aliphatic hydroxyl groups is 1. The first-order valence-corrected chi connectivity index (χ1v) is 8.39. The number of hydrogen-bond acceptors (Lipinski definition) is 3. The maximum absolute atomic E-state index is 12.1. The van der Waals surface area contributed by atoms with Crippen LogP contribution in [0, 0.1) is 17.2 Å². The third-order valence-corrected chi connectivity index (χ3v) is 4.89. The van der Waals surface area contributed by atoms with E-state index in [2.05, 4.69) is 17.1 Å². The van der Waals surface area contributed by atoms with Crippen molar-refractivity contribution in [3.8, 4) is 0 Å². The summed E-state index contributed by atoms with van der Waals surface area (Å²) in [4.78, 5) is 14.3. The van der Waals surface area contributed by atoms with Gasteiger partial charge >= 0.3 is 0 Å². The molecule has 1 aromatic carbocycles. The Morgan fingerprint density at radius 1 is 1.43 bits per heavy atom. The standard InChI is InChI=1S/C18H25N3O2/c1-11-9-15-10-14(18(23)20-7-8-22)5-6-16(15)21(12(2)19)17(11)13-3-4-13/h5-6,10-11,13,17,19,22H,3-4,7-9H2,1-2H3,(H,20,23)/t11-,17-/m1/s1. The van der Waals surface area contributed by atoms with Gasteiger partial charge in [-0.2, -0.15) is 0 Å². The second kappa shape index (κ2) is 6.32. The zero-order valence-electron chi connectivity index (χ0n) is 13.8. The largest absolute Gasteiger partial charge is 0.395 e. The Morgan fingerprint density at radius 3 is 2.78 bits per heavy atom. The highest BCUT2D eigenvalue weighted by atomic mass is 16.3. The molecular formula is C18H25N3O2. The normalized spacial score (nSPS) is 23.3. The van der Waals surface area contributed by atoms with Crippen molar-refractivity contribution in [2.45, 2.75) is 39.2 Å². The smallest absolute Gasteiger partial charge is 0.251 e. The number of amides is 1. The molecule has 124 valence electrons. The summed E-state index contributed by atoms with van der Waals surface area (Å²) in [6.45, 7) is 4.30. The molecule has 1 amide bonds. The van der Waals surface area contributed by atoms with Gasteiger partial charge in [0.1, 0.15) is 0 Å². The molecule has 0 radical (unpaired) electrons. The van der Waals surface area contributed by atoms with Gasteiger partial charge in [0.15, 0.2) is 0 Å². The van der Waals surface area contributed by atoms with Gasteiger partial charge in [0.05, 0.1) is 12.4 Å². The number of carbonyl (C=O) groups excluding carboxylic acids is 1. The van der Waals surface area contributed by atoms with Crippen LogP contribution in [-0.4, -0.2) is 36.0 Å². The summed E-state index contributed by atoms with van der Waals surface area (Å²) >= 11 is 0. The topological polar surface area (TPSA) is 76.4 Å². The van der Waals surface area contributed by atoms with Crippen LogP contribution < -0.4 is 10.2 Å². The number of rotatable bonds is 4. The highest BCUT2D eigenvalue weighted by Crippen LogP contribution is 2.45. The lowest BCUT2D eigenvalue weighted by Gasteiger charge is -2.42. The molecule has 0 bridgehead atoms. The molecule has 1 fully saturated rings. The molecule has 0 spiro atoms. The van der Waals surface area contributed by atoms with Gasteiger partial charge in [0.25, 0.3) is 5.91 Å². The zero-order valence-corrected chi connectivity index (χ0v) is 13.8. The maximum Gasteiger partial charge on any atom is 0.251 e. The number of aliphatic hydroxyl groups excluding tert-OH is 1. The molecule has 1 saturated carbocycles. The highest BCUT2D eigenvalue weighted by molar-refractivity contribution is 5.98. The van der Waals surface area contributed by atoms with Gasteiger partial charge in [0, 0.05) is 23.8 Å². The van der Waals surface area contributed by atoms with Crippen LogP contribution in [-0.2, 0) is 6.42 Å². The van der Waals surface area contributed by atoms with Gasteiger partial charge in [-0.15, -0.1) is 0 Å². The molecule has 1 aromatic rings. The monoisotopic (exact) mass is 315 g/mol. The fourth-order valence-electron chi connectivity index (χ4n) is 3.80. The number of anilines is 1. The second-order valence-corrected chi connectivity index (χ2v) is 6.79. The van der Waals surface area contributed by atoms with E-state index in [1.54, 1.807) is 0 Å². The Balaban J connectivity index is 1.92. The van der Waals surface area contributed by atoms with E-state index < -0.39 is 0 Å². The number of nitrogens with zero attached hydrogens (tertiary/aromatic N) is 1. The van der Waals surface area contributed by atoms with Crippen molar-refractivity contribution in [3.63, 3.8) is 0 Å². The van der Waals surface area contributed by atoms with E-state index >= 15 is 0 Å². The fourth-order valence-corrected chi connectivity index (χ4v) is 3.80. The van der Waals surface area contributed by atoms with Gasteiger partial charge < -0.3 is 15.3 Å². The summed E-state index contributed by atoms with van der Waals surface area (Å²) in [5.74, 6) is 1.60. The molecule has 3 N–H and O–H groups in total. The molecular weight excluding hydrogens is 290 g/mol. The van der Waals surface area contributed by atoms with Gasteiger partial charge in [-0.25, -0.2) is 0 Å². The second-order valence-electron chi connectivity index (χ2n) is 6.79. The van der Waals surface area contributed by atoms with Crippen LogP contribution >= 0.6 is 0 Å². The first kappa shape index (κ1) is 16.0. The van der Waals surface area contributed by atoms with Crippen molar-refractivity contribution in [2.24, 2.45) is 11.8 Å². The van der Waals surface area contributed by atoms with Crippen LogP contribution in [0.1, 0.15) is 42.6 Å². The molecule has 3 rings (SSSR count). The Labute approximate surface area is 137 Å². The minimum Gasteiger partial charge on any atom is -0.395 e. The Bertz CT molecular complexity index is 625. The molecule has 5 heteroatoms. The predicted molar refractivity (Wildman–Crippen MR) is 91.1 cm³/mol. The third kappa shape index (κ3) is 3.11. The summed E-state index contributed by atoms with van der Waals surface area (Å²) < 4.78 is 0. The first-order chi connectivity index (χ1) is 11.0. The first-order valence-electron chi connectivity index (χ1n) is 8.39. The molecule has 23 heavy (non-hydrogen) atoms. The van der Waals surface area contributed by atoms with Crippen LogP contribution in [0.15, 0.2) is 18.2 Å². The van der Waals surface area contributed by atoms with Gasteiger partial charge in [-0.3, -0.25) is 10.2 Å². The Hall–Kier alpha value is -1.88. The van der Waals surface area contributed by atoms with Crippen LogP contribution in [0.3, 0.4) is 0 Å². The van der Waals surface area contributed by atoms with Crippen LogP contribution in [0.5, 0.6) is 0 Å². The van der Waals surface area contributed by atoms with Crippen molar-refractivity contribution in [1.29, 1.82) is 5.41 Å². The van der Waals surface area contributed by atoms with E-state index in [0.717, 1.165) is 17.7 Å². The molecule has 2 aliphatic rings. The summed E-state index contributed by atoms with van der Waals surface area (Å²) in [5.41, 5.74) is 2.83. The molecule has 0 saturated heterocycles. The number of nitrogens with one attached hydrogen (secondary N) is 2. The maximum atomic E-state index is 12.1.